The molecule has 1 N–H and O–H groups in total. The van der Waals surface area contributed by atoms with Gasteiger partial charge in [0, 0.05) is 11.9 Å². The van der Waals surface area contributed by atoms with Crippen LogP contribution in [-0.4, -0.2) is 17.4 Å². The van der Waals surface area contributed by atoms with Crippen molar-refractivity contribution in [2.45, 2.75) is 27.2 Å². The van der Waals surface area contributed by atoms with Crippen molar-refractivity contribution in [2.24, 2.45) is 5.92 Å². The van der Waals surface area contributed by atoms with Crippen LogP contribution in [0, 0.1) is 12.8 Å². The first-order chi connectivity index (χ1) is 9.06. The van der Waals surface area contributed by atoms with E-state index in [1.54, 1.807) is 0 Å². The molecule has 0 aliphatic carbocycles. The second-order valence-corrected chi connectivity index (χ2v) is 5.32. The molecule has 2 rings (SSSR count). The first kappa shape index (κ1) is 13.5. The summed E-state index contributed by atoms with van der Waals surface area (Å²) in [5, 5.41) is 4.03. The Morgan fingerprint density at radius 3 is 2.79 bits per heavy atom. The summed E-state index contributed by atoms with van der Waals surface area (Å²) in [6.07, 6.45) is 0.344. The van der Waals surface area contributed by atoms with Crippen LogP contribution in [0.25, 0.3) is 10.9 Å². The highest BCUT2D eigenvalue weighted by Gasteiger charge is 2.06. The highest BCUT2D eigenvalue weighted by molar-refractivity contribution is 5.83. The van der Waals surface area contributed by atoms with E-state index in [-0.39, 0.29) is 5.91 Å². The maximum Gasteiger partial charge on any atom is 0.226 e. The molecular formula is C16H20N2O. The minimum atomic E-state index is 0.0362. The van der Waals surface area contributed by atoms with Gasteiger partial charge in [-0.15, -0.1) is 0 Å². The molecule has 2 aromatic rings. The summed E-state index contributed by atoms with van der Waals surface area (Å²) in [7, 11) is 0. The van der Waals surface area contributed by atoms with Gasteiger partial charge in [-0.1, -0.05) is 38.1 Å². The summed E-state index contributed by atoms with van der Waals surface area (Å²) in [5.41, 5.74) is 2.95. The number of rotatable bonds is 4. The number of aryl methyl sites for hydroxylation is 1. The summed E-state index contributed by atoms with van der Waals surface area (Å²) >= 11 is 0. The molecule has 1 aromatic carbocycles. The van der Waals surface area contributed by atoms with Crippen LogP contribution in [0.5, 0.6) is 0 Å². The van der Waals surface area contributed by atoms with Crippen LogP contribution in [0.4, 0.5) is 0 Å². The van der Waals surface area contributed by atoms with Crippen LogP contribution in [0.1, 0.15) is 25.1 Å². The van der Waals surface area contributed by atoms with Crippen molar-refractivity contribution >= 4 is 16.8 Å². The third-order valence-electron chi connectivity index (χ3n) is 3.03. The van der Waals surface area contributed by atoms with Crippen molar-refractivity contribution in [3.8, 4) is 0 Å². The molecule has 19 heavy (non-hydrogen) atoms. The van der Waals surface area contributed by atoms with Crippen LogP contribution >= 0.6 is 0 Å². The number of pyridine rings is 1. The second-order valence-electron chi connectivity index (χ2n) is 5.32. The third kappa shape index (κ3) is 3.53. The Morgan fingerprint density at radius 2 is 2.05 bits per heavy atom. The van der Waals surface area contributed by atoms with E-state index in [0.717, 1.165) is 22.2 Å². The standard InChI is InChI=1S/C16H20N2O/c1-11(2)10-17-15(19)9-14-8-7-13-6-4-5-12(3)16(13)18-14/h4-8,11H,9-10H2,1-3H3,(H,17,19). The predicted molar refractivity (Wildman–Crippen MR) is 78.0 cm³/mol. The number of para-hydroxylation sites is 1. The molecule has 3 nitrogen and oxygen atoms in total. The second kappa shape index (κ2) is 5.83. The molecule has 0 bridgehead atoms. The van der Waals surface area contributed by atoms with Crippen LogP contribution in [0.2, 0.25) is 0 Å². The van der Waals surface area contributed by atoms with Gasteiger partial charge in [-0.3, -0.25) is 9.78 Å². The van der Waals surface area contributed by atoms with Gasteiger partial charge in [0.2, 0.25) is 5.91 Å². The van der Waals surface area contributed by atoms with Gasteiger partial charge in [-0.25, -0.2) is 0 Å². The largest absolute Gasteiger partial charge is 0.356 e. The number of hydrogen-bond acceptors (Lipinski definition) is 2. The molecular weight excluding hydrogens is 236 g/mol. The van der Waals surface area contributed by atoms with Gasteiger partial charge in [0.1, 0.15) is 0 Å². The number of carbonyl (C=O) groups excluding carboxylic acids is 1. The Kier molecular flexibility index (Phi) is 4.15. The van der Waals surface area contributed by atoms with Gasteiger partial charge in [0.25, 0.3) is 0 Å². The van der Waals surface area contributed by atoms with Crippen molar-refractivity contribution in [3.05, 3.63) is 41.6 Å². The molecule has 0 saturated heterocycles. The molecule has 0 spiro atoms. The molecule has 0 aliphatic rings. The molecule has 0 fully saturated rings. The van der Waals surface area contributed by atoms with Crippen molar-refractivity contribution in [1.82, 2.24) is 10.3 Å². The van der Waals surface area contributed by atoms with Crippen molar-refractivity contribution in [3.63, 3.8) is 0 Å². The molecule has 0 atom stereocenters. The molecule has 1 heterocycles. The Bertz CT molecular complexity index is 590. The highest BCUT2D eigenvalue weighted by Crippen LogP contribution is 2.16. The predicted octanol–water partition coefficient (Wildman–Crippen LogP) is 2.86. The SMILES string of the molecule is Cc1cccc2ccc(CC(=O)NCC(C)C)nc12. The number of fused-ring (bicyclic) bond motifs is 1. The minimum Gasteiger partial charge on any atom is -0.356 e. The fraction of sp³-hybridized carbons (Fsp3) is 0.375. The number of nitrogens with zero attached hydrogens (tertiary/aromatic N) is 1. The number of amides is 1. The van der Waals surface area contributed by atoms with Crippen LogP contribution in [0.15, 0.2) is 30.3 Å². The average Bonchev–Trinajstić information content (AvgIpc) is 2.37. The van der Waals surface area contributed by atoms with Crippen LogP contribution in [0.3, 0.4) is 0 Å². The van der Waals surface area contributed by atoms with E-state index >= 15 is 0 Å². The lowest BCUT2D eigenvalue weighted by molar-refractivity contribution is -0.120. The molecule has 100 valence electrons. The first-order valence-electron chi connectivity index (χ1n) is 6.68. The smallest absolute Gasteiger partial charge is 0.226 e. The molecule has 3 heteroatoms. The number of carbonyl (C=O) groups is 1. The van der Waals surface area contributed by atoms with Gasteiger partial charge in [0.05, 0.1) is 17.6 Å². The molecule has 0 unspecified atom stereocenters. The lowest BCUT2D eigenvalue weighted by atomic mass is 10.1. The van der Waals surface area contributed by atoms with Crippen molar-refractivity contribution < 1.29 is 4.79 Å². The Labute approximate surface area is 114 Å². The van der Waals surface area contributed by atoms with E-state index in [1.807, 2.05) is 37.3 Å². The zero-order valence-electron chi connectivity index (χ0n) is 11.7. The minimum absolute atomic E-state index is 0.0362. The number of aromatic nitrogens is 1. The Hall–Kier alpha value is -1.90. The fourth-order valence-corrected chi connectivity index (χ4v) is 1.98. The summed E-state index contributed by atoms with van der Waals surface area (Å²) in [4.78, 5) is 16.4. The lowest BCUT2D eigenvalue weighted by Gasteiger charge is -2.08. The van der Waals surface area contributed by atoms with E-state index in [0.29, 0.717) is 18.9 Å². The summed E-state index contributed by atoms with van der Waals surface area (Å²) in [6.45, 7) is 6.92. The maximum atomic E-state index is 11.8. The van der Waals surface area contributed by atoms with E-state index in [2.05, 4.69) is 24.1 Å². The van der Waals surface area contributed by atoms with Crippen LogP contribution in [-0.2, 0) is 11.2 Å². The maximum absolute atomic E-state index is 11.8. The Morgan fingerprint density at radius 1 is 1.26 bits per heavy atom. The van der Waals surface area contributed by atoms with E-state index < -0.39 is 0 Å². The fourth-order valence-electron chi connectivity index (χ4n) is 1.98. The van der Waals surface area contributed by atoms with Crippen molar-refractivity contribution in [2.75, 3.05) is 6.54 Å². The monoisotopic (exact) mass is 256 g/mol. The van der Waals surface area contributed by atoms with Gasteiger partial charge < -0.3 is 5.32 Å². The zero-order chi connectivity index (χ0) is 13.8. The van der Waals surface area contributed by atoms with Gasteiger partial charge in [0.15, 0.2) is 0 Å². The quantitative estimate of drug-likeness (QED) is 0.914. The van der Waals surface area contributed by atoms with E-state index in [1.165, 1.54) is 0 Å². The summed E-state index contributed by atoms with van der Waals surface area (Å²) in [5.74, 6) is 0.505. The highest BCUT2D eigenvalue weighted by atomic mass is 16.1. The topological polar surface area (TPSA) is 42.0 Å². The number of benzene rings is 1. The van der Waals surface area contributed by atoms with Gasteiger partial charge in [-0.2, -0.15) is 0 Å². The Balaban J connectivity index is 2.13. The summed E-state index contributed by atoms with van der Waals surface area (Å²) in [6, 6.07) is 10.1. The third-order valence-corrected chi connectivity index (χ3v) is 3.03. The molecule has 0 aliphatic heterocycles. The zero-order valence-corrected chi connectivity index (χ0v) is 11.7. The molecule has 1 amide bonds. The van der Waals surface area contributed by atoms with E-state index in [4.69, 9.17) is 0 Å². The lowest BCUT2D eigenvalue weighted by Crippen LogP contribution is -2.28. The van der Waals surface area contributed by atoms with Gasteiger partial charge >= 0.3 is 0 Å². The number of nitrogens with one attached hydrogen (secondary N) is 1. The first-order valence-corrected chi connectivity index (χ1v) is 6.68. The molecule has 1 aromatic heterocycles. The van der Waals surface area contributed by atoms with Crippen molar-refractivity contribution in [1.29, 1.82) is 0 Å². The molecule has 0 radical (unpaired) electrons. The molecule has 0 saturated carbocycles. The van der Waals surface area contributed by atoms with Gasteiger partial charge in [-0.05, 0) is 24.5 Å². The number of hydrogen-bond donors (Lipinski definition) is 1. The summed E-state index contributed by atoms with van der Waals surface area (Å²) < 4.78 is 0. The average molecular weight is 256 g/mol. The normalized spacial score (nSPS) is 10.9. The van der Waals surface area contributed by atoms with Crippen LogP contribution < -0.4 is 5.32 Å². The van der Waals surface area contributed by atoms with E-state index in [9.17, 15) is 4.79 Å².